The summed E-state index contributed by atoms with van der Waals surface area (Å²) in [6.45, 7) is 3.10. The minimum Gasteiger partial charge on any atom is -0.326 e. The second kappa shape index (κ2) is 5.29. The molecule has 0 bridgehead atoms. The first-order valence-electron chi connectivity index (χ1n) is 6.70. The number of rotatable bonds is 3. The zero-order valence-corrected chi connectivity index (χ0v) is 13.3. The maximum absolute atomic E-state index is 6.30. The first-order chi connectivity index (χ1) is 9.19. The number of imidazole rings is 1. The highest BCUT2D eigenvalue weighted by Gasteiger charge is 2.22. The van der Waals surface area contributed by atoms with E-state index in [1.807, 2.05) is 0 Å². The Bertz CT molecular complexity index is 619. The molecule has 3 rings (SSSR count). The molecule has 4 heteroatoms. The second-order valence-electron chi connectivity index (χ2n) is 5.05. The number of unbranched alkanes of at least 4 members (excludes halogenated alkanes) is 1. The molecular weight excluding hydrogens is 324 g/mol. The van der Waals surface area contributed by atoms with Gasteiger partial charge in [0, 0.05) is 23.9 Å². The Morgan fingerprint density at radius 1 is 1.37 bits per heavy atom. The van der Waals surface area contributed by atoms with E-state index in [4.69, 9.17) is 11.6 Å². The lowest BCUT2D eigenvalue weighted by Crippen LogP contribution is -2.16. The van der Waals surface area contributed by atoms with Gasteiger partial charge in [0.1, 0.15) is 5.82 Å². The van der Waals surface area contributed by atoms with Gasteiger partial charge in [-0.2, -0.15) is 0 Å². The molecular formula is C15H16BrClN2. The zero-order valence-electron chi connectivity index (χ0n) is 10.9. The fraction of sp³-hybridized carbons (Fsp3) is 0.400. The van der Waals surface area contributed by atoms with Crippen LogP contribution < -0.4 is 0 Å². The third-order valence-electron chi connectivity index (χ3n) is 3.71. The maximum Gasteiger partial charge on any atom is 0.150 e. The van der Waals surface area contributed by atoms with Crippen molar-refractivity contribution in [2.45, 2.75) is 39.2 Å². The van der Waals surface area contributed by atoms with Gasteiger partial charge in [0.15, 0.2) is 5.15 Å². The normalized spacial score (nSPS) is 13.2. The average Bonchev–Trinajstić information content (AvgIpc) is 2.70. The molecule has 0 amide bonds. The Morgan fingerprint density at radius 2 is 2.21 bits per heavy atom. The third-order valence-corrected chi connectivity index (χ3v) is 4.51. The standard InChI is InChI=1S/C15H16BrClN2/c1-2-3-4-14-18-15(17)13-8-11-7-12(16)6-5-10(11)9-19(13)14/h5-7H,2-4,8-9H2,1H3. The molecule has 1 aromatic carbocycles. The van der Waals surface area contributed by atoms with Crippen molar-refractivity contribution >= 4 is 27.5 Å². The largest absolute Gasteiger partial charge is 0.326 e. The Hall–Kier alpha value is -0.800. The number of hydrogen-bond acceptors (Lipinski definition) is 1. The Morgan fingerprint density at radius 3 is 3.00 bits per heavy atom. The topological polar surface area (TPSA) is 17.8 Å². The zero-order chi connectivity index (χ0) is 13.4. The summed E-state index contributed by atoms with van der Waals surface area (Å²) >= 11 is 9.84. The smallest absolute Gasteiger partial charge is 0.150 e. The van der Waals surface area contributed by atoms with Crippen LogP contribution in [0.5, 0.6) is 0 Å². The molecule has 19 heavy (non-hydrogen) atoms. The molecule has 0 N–H and O–H groups in total. The van der Waals surface area contributed by atoms with Crippen LogP contribution in [0.4, 0.5) is 0 Å². The highest BCUT2D eigenvalue weighted by Crippen LogP contribution is 2.30. The lowest BCUT2D eigenvalue weighted by Gasteiger charge is -2.21. The summed E-state index contributed by atoms with van der Waals surface area (Å²) in [7, 11) is 0. The molecule has 0 aliphatic carbocycles. The fourth-order valence-corrected chi connectivity index (χ4v) is 3.33. The molecule has 100 valence electrons. The van der Waals surface area contributed by atoms with Gasteiger partial charge in [-0.25, -0.2) is 4.98 Å². The minimum absolute atomic E-state index is 0.678. The molecule has 0 saturated heterocycles. The molecule has 2 nitrogen and oxygen atoms in total. The van der Waals surface area contributed by atoms with E-state index in [2.05, 4.69) is 50.6 Å². The molecule has 0 fully saturated rings. The van der Waals surface area contributed by atoms with E-state index in [1.54, 1.807) is 0 Å². The van der Waals surface area contributed by atoms with E-state index in [1.165, 1.54) is 29.7 Å². The van der Waals surface area contributed by atoms with Gasteiger partial charge in [0.25, 0.3) is 0 Å². The summed E-state index contributed by atoms with van der Waals surface area (Å²) in [6.07, 6.45) is 4.25. The van der Waals surface area contributed by atoms with Gasteiger partial charge in [0.05, 0.1) is 5.69 Å². The SMILES string of the molecule is CCCCc1nc(Cl)c2n1Cc1ccc(Br)cc1C2. The van der Waals surface area contributed by atoms with Gasteiger partial charge in [-0.1, -0.05) is 46.9 Å². The van der Waals surface area contributed by atoms with Crippen LogP contribution in [0.25, 0.3) is 0 Å². The summed E-state index contributed by atoms with van der Waals surface area (Å²) in [5.41, 5.74) is 3.90. The lowest BCUT2D eigenvalue weighted by atomic mass is 9.99. The Labute approximate surface area is 126 Å². The van der Waals surface area contributed by atoms with Crippen molar-refractivity contribution in [1.29, 1.82) is 0 Å². The molecule has 0 radical (unpaired) electrons. The van der Waals surface area contributed by atoms with Crippen molar-refractivity contribution in [3.63, 3.8) is 0 Å². The number of nitrogens with zero attached hydrogens (tertiary/aromatic N) is 2. The molecule has 2 aromatic rings. The van der Waals surface area contributed by atoms with Gasteiger partial charge in [-0.3, -0.25) is 0 Å². The molecule has 1 aliphatic rings. The van der Waals surface area contributed by atoms with E-state index in [-0.39, 0.29) is 0 Å². The second-order valence-corrected chi connectivity index (χ2v) is 6.32. The molecule has 1 aromatic heterocycles. The summed E-state index contributed by atoms with van der Waals surface area (Å²) in [5, 5.41) is 0.678. The van der Waals surface area contributed by atoms with Crippen LogP contribution in [-0.4, -0.2) is 9.55 Å². The minimum atomic E-state index is 0.678. The van der Waals surface area contributed by atoms with Crippen LogP contribution in [0.3, 0.4) is 0 Å². The highest BCUT2D eigenvalue weighted by atomic mass is 79.9. The van der Waals surface area contributed by atoms with Gasteiger partial charge in [-0.05, 0) is 29.7 Å². The predicted molar refractivity (Wildman–Crippen MR) is 81.9 cm³/mol. The summed E-state index contributed by atoms with van der Waals surface area (Å²) < 4.78 is 3.43. The number of benzene rings is 1. The van der Waals surface area contributed by atoms with Crippen LogP contribution >= 0.6 is 27.5 Å². The van der Waals surface area contributed by atoms with E-state index < -0.39 is 0 Å². The van der Waals surface area contributed by atoms with Crippen molar-refractivity contribution in [2.75, 3.05) is 0 Å². The van der Waals surface area contributed by atoms with Crippen molar-refractivity contribution in [3.05, 3.63) is 50.5 Å². The Kier molecular flexibility index (Phi) is 3.68. The van der Waals surface area contributed by atoms with Gasteiger partial charge < -0.3 is 4.57 Å². The summed E-state index contributed by atoms with van der Waals surface area (Å²) in [5.74, 6) is 1.13. The fourth-order valence-electron chi connectivity index (χ4n) is 2.65. The van der Waals surface area contributed by atoms with Crippen LogP contribution in [0.2, 0.25) is 5.15 Å². The number of fused-ring (bicyclic) bond motifs is 2. The van der Waals surface area contributed by atoms with E-state index in [0.29, 0.717) is 5.15 Å². The van der Waals surface area contributed by atoms with Crippen LogP contribution in [0, 0.1) is 0 Å². The first-order valence-corrected chi connectivity index (χ1v) is 7.87. The first kappa shape index (κ1) is 13.2. The van der Waals surface area contributed by atoms with Crippen molar-refractivity contribution < 1.29 is 0 Å². The van der Waals surface area contributed by atoms with Crippen molar-refractivity contribution in [2.24, 2.45) is 0 Å². The van der Waals surface area contributed by atoms with Gasteiger partial charge in [0.2, 0.25) is 0 Å². The Balaban J connectivity index is 1.98. The van der Waals surface area contributed by atoms with E-state index >= 15 is 0 Å². The number of aryl methyl sites for hydroxylation is 1. The predicted octanol–water partition coefficient (Wildman–Crippen LogP) is 4.59. The number of hydrogen-bond donors (Lipinski definition) is 0. The lowest BCUT2D eigenvalue weighted by molar-refractivity contribution is 0.642. The maximum atomic E-state index is 6.30. The molecule has 0 atom stereocenters. The van der Waals surface area contributed by atoms with E-state index in [0.717, 1.165) is 29.7 Å². The summed E-state index contributed by atoms with van der Waals surface area (Å²) in [6, 6.07) is 6.49. The van der Waals surface area contributed by atoms with Crippen LogP contribution in [-0.2, 0) is 19.4 Å². The monoisotopic (exact) mass is 338 g/mol. The molecule has 2 heterocycles. The van der Waals surface area contributed by atoms with Crippen molar-refractivity contribution in [1.82, 2.24) is 9.55 Å². The molecule has 1 aliphatic heterocycles. The number of halogens is 2. The van der Waals surface area contributed by atoms with Crippen molar-refractivity contribution in [3.8, 4) is 0 Å². The molecule has 0 saturated carbocycles. The highest BCUT2D eigenvalue weighted by molar-refractivity contribution is 9.10. The summed E-state index contributed by atoms with van der Waals surface area (Å²) in [4.78, 5) is 4.55. The van der Waals surface area contributed by atoms with Crippen LogP contribution in [0.1, 0.15) is 42.4 Å². The third kappa shape index (κ3) is 2.46. The van der Waals surface area contributed by atoms with E-state index in [9.17, 15) is 0 Å². The molecule has 0 spiro atoms. The molecule has 0 unspecified atom stereocenters. The quantitative estimate of drug-likeness (QED) is 0.682. The number of aromatic nitrogens is 2. The van der Waals surface area contributed by atoms with Crippen LogP contribution in [0.15, 0.2) is 22.7 Å². The van der Waals surface area contributed by atoms with Gasteiger partial charge in [-0.15, -0.1) is 0 Å². The average molecular weight is 340 g/mol. The van der Waals surface area contributed by atoms with Gasteiger partial charge >= 0.3 is 0 Å².